The first-order valence-electron chi connectivity index (χ1n) is 10.6. The van der Waals surface area contributed by atoms with Crippen LogP contribution in [0.1, 0.15) is 5.56 Å². The molecule has 0 atom stereocenters. The van der Waals surface area contributed by atoms with E-state index in [9.17, 15) is 4.79 Å². The fraction of sp³-hybridized carbons (Fsp3) is 0.0370. The van der Waals surface area contributed by atoms with Gasteiger partial charge < -0.3 is 0 Å². The second kappa shape index (κ2) is 7.76. The van der Waals surface area contributed by atoms with Crippen molar-refractivity contribution in [2.45, 2.75) is 6.92 Å². The van der Waals surface area contributed by atoms with Crippen LogP contribution in [-0.2, 0) is 0 Å². The first-order chi connectivity index (χ1) is 16.2. The SMILES string of the molecule is Cc1ccc(-n2cnc3c(sc4nnc(-c5ccccc5)c(-c5ccccc5)c43)c2=O)cc1. The molecule has 3 aromatic heterocycles. The minimum absolute atomic E-state index is 0.105. The third kappa shape index (κ3) is 3.23. The molecule has 0 radical (unpaired) electrons. The fourth-order valence-corrected chi connectivity index (χ4v) is 5.10. The van der Waals surface area contributed by atoms with E-state index < -0.39 is 0 Å². The quantitative estimate of drug-likeness (QED) is 0.333. The molecule has 0 fully saturated rings. The molecule has 0 bridgehead atoms. The zero-order chi connectivity index (χ0) is 22.4. The summed E-state index contributed by atoms with van der Waals surface area (Å²) < 4.78 is 2.16. The summed E-state index contributed by atoms with van der Waals surface area (Å²) in [6, 6.07) is 27.9. The number of aromatic nitrogens is 4. The average Bonchev–Trinajstić information content (AvgIpc) is 3.25. The van der Waals surface area contributed by atoms with Gasteiger partial charge in [0, 0.05) is 16.5 Å². The molecule has 3 aromatic carbocycles. The van der Waals surface area contributed by atoms with Crippen LogP contribution in [0.15, 0.2) is 96.1 Å². The van der Waals surface area contributed by atoms with Crippen molar-refractivity contribution in [3.05, 3.63) is 107 Å². The van der Waals surface area contributed by atoms with Crippen LogP contribution >= 0.6 is 11.3 Å². The first kappa shape index (κ1) is 19.5. The summed E-state index contributed by atoms with van der Waals surface area (Å²) >= 11 is 1.34. The summed E-state index contributed by atoms with van der Waals surface area (Å²) in [5.74, 6) is 0. The van der Waals surface area contributed by atoms with E-state index in [0.29, 0.717) is 15.0 Å². The Balaban J connectivity index is 1.69. The number of hydrogen-bond donors (Lipinski definition) is 0. The number of fused-ring (bicyclic) bond motifs is 3. The van der Waals surface area contributed by atoms with E-state index in [1.54, 1.807) is 10.9 Å². The molecule has 5 nitrogen and oxygen atoms in total. The predicted molar refractivity (Wildman–Crippen MR) is 134 cm³/mol. The summed E-state index contributed by atoms with van der Waals surface area (Å²) in [5, 5.41) is 9.97. The van der Waals surface area contributed by atoms with Gasteiger partial charge in [0.25, 0.3) is 5.56 Å². The van der Waals surface area contributed by atoms with Crippen LogP contribution < -0.4 is 5.56 Å². The minimum Gasteiger partial charge on any atom is -0.267 e. The van der Waals surface area contributed by atoms with Crippen molar-refractivity contribution in [3.8, 4) is 28.1 Å². The molecule has 0 saturated heterocycles. The van der Waals surface area contributed by atoms with E-state index in [1.807, 2.05) is 79.7 Å². The molecule has 0 aliphatic heterocycles. The number of aryl methyl sites for hydroxylation is 1. The van der Waals surface area contributed by atoms with Crippen molar-refractivity contribution >= 4 is 31.8 Å². The van der Waals surface area contributed by atoms with Gasteiger partial charge in [0.1, 0.15) is 21.6 Å². The summed E-state index contributed by atoms with van der Waals surface area (Å²) in [4.78, 5) is 18.9. The van der Waals surface area contributed by atoms with Crippen LogP contribution in [0.2, 0.25) is 0 Å². The highest BCUT2D eigenvalue weighted by atomic mass is 32.1. The molecule has 6 rings (SSSR count). The van der Waals surface area contributed by atoms with E-state index in [0.717, 1.165) is 39.0 Å². The third-order valence-electron chi connectivity index (χ3n) is 5.73. The van der Waals surface area contributed by atoms with Crippen LogP contribution in [0.4, 0.5) is 0 Å². The van der Waals surface area contributed by atoms with E-state index in [1.165, 1.54) is 11.3 Å². The molecule has 3 heterocycles. The number of nitrogens with zero attached hydrogens (tertiary/aromatic N) is 4. The lowest BCUT2D eigenvalue weighted by Crippen LogP contribution is -2.17. The lowest BCUT2D eigenvalue weighted by Gasteiger charge is -2.10. The normalized spacial score (nSPS) is 11.3. The highest BCUT2D eigenvalue weighted by molar-refractivity contribution is 7.25. The molecule has 6 heteroatoms. The predicted octanol–water partition coefficient (Wildman–Crippen LogP) is 6.03. The Morgan fingerprint density at radius 2 is 1.45 bits per heavy atom. The van der Waals surface area contributed by atoms with Crippen molar-refractivity contribution in [2.24, 2.45) is 0 Å². The Morgan fingerprint density at radius 1 is 0.788 bits per heavy atom. The lowest BCUT2D eigenvalue weighted by molar-refractivity contribution is 0.966. The smallest absolute Gasteiger partial charge is 0.267 e. The summed E-state index contributed by atoms with van der Waals surface area (Å²) in [6.07, 6.45) is 1.61. The molecule has 0 unspecified atom stereocenters. The Labute approximate surface area is 193 Å². The largest absolute Gasteiger partial charge is 0.275 e. The van der Waals surface area contributed by atoms with Gasteiger partial charge in [-0.2, -0.15) is 0 Å². The molecule has 0 amide bonds. The number of benzene rings is 3. The summed E-state index contributed by atoms with van der Waals surface area (Å²) in [5.41, 5.74) is 6.19. The van der Waals surface area contributed by atoms with Gasteiger partial charge >= 0.3 is 0 Å². The summed E-state index contributed by atoms with van der Waals surface area (Å²) in [6.45, 7) is 2.02. The van der Waals surface area contributed by atoms with Crippen molar-refractivity contribution in [3.63, 3.8) is 0 Å². The Hall–Kier alpha value is -4.16. The molecule has 0 aliphatic rings. The fourth-order valence-electron chi connectivity index (χ4n) is 4.09. The zero-order valence-electron chi connectivity index (χ0n) is 17.8. The van der Waals surface area contributed by atoms with Crippen LogP contribution in [0.3, 0.4) is 0 Å². The van der Waals surface area contributed by atoms with E-state index in [2.05, 4.69) is 22.3 Å². The van der Waals surface area contributed by atoms with Crippen molar-refractivity contribution in [1.29, 1.82) is 0 Å². The molecule has 0 spiro atoms. The maximum Gasteiger partial charge on any atom is 0.275 e. The molecule has 6 aromatic rings. The van der Waals surface area contributed by atoms with Crippen molar-refractivity contribution < 1.29 is 0 Å². The highest BCUT2D eigenvalue weighted by Crippen LogP contribution is 2.41. The Kier molecular flexibility index (Phi) is 4.59. The standard InChI is InChI=1S/C27H18N4OS/c1-17-12-14-20(15-13-17)31-16-28-24-22-21(18-8-4-2-5-9-18)23(19-10-6-3-7-11-19)29-30-26(22)33-25(24)27(31)32/h2-16H,1H3. The highest BCUT2D eigenvalue weighted by Gasteiger charge is 2.21. The van der Waals surface area contributed by atoms with E-state index >= 15 is 0 Å². The molecule has 33 heavy (non-hydrogen) atoms. The van der Waals surface area contributed by atoms with Crippen LogP contribution in [0, 0.1) is 6.92 Å². The lowest BCUT2D eigenvalue weighted by atomic mass is 9.97. The molecule has 158 valence electrons. The number of hydrogen-bond acceptors (Lipinski definition) is 5. The van der Waals surface area contributed by atoms with Gasteiger partial charge in [-0.25, -0.2) is 4.98 Å². The summed E-state index contributed by atoms with van der Waals surface area (Å²) in [7, 11) is 0. The minimum atomic E-state index is -0.105. The second-order valence-corrected chi connectivity index (χ2v) is 8.87. The van der Waals surface area contributed by atoms with Crippen molar-refractivity contribution in [1.82, 2.24) is 19.7 Å². The second-order valence-electron chi connectivity index (χ2n) is 7.87. The van der Waals surface area contributed by atoms with Gasteiger partial charge in [-0.1, -0.05) is 78.4 Å². The van der Waals surface area contributed by atoms with Crippen LogP contribution in [0.25, 0.3) is 48.5 Å². The zero-order valence-corrected chi connectivity index (χ0v) is 18.6. The monoisotopic (exact) mass is 446 g/mol. The van der Waals surface area contributed by atoms with Gasteiger partial charge in [-0.3, -0.25) is 9.36 Å². The molecular weight excluding hydrogens is 428 g/mol. The van der Waals surface area contributed by atoms with Crippen molar-refractivity contribution in [2.75, 3.05) is 0 Å². The first-order valence-corrected chi connectivity index (χ1v) is 11.4. The van der Waals surface area contributed by atoms with Gasteiger partial charge in [0.05, 0.1) is 11.2 Å². The van der Waals surface area contributed by atoms with E-state index in [-0.39, 0.29) is 5.56 Å². The van der Waals surface area contributed by atoms with Gasteiger partial charge in [-0.15, -0.1) is 21.5 Å². The number of thiophene rings is 1. The van der Waals surface area contributed by atoms with Crippen LogP contribution in [0.5, 0.6) is 0 Å². The maximum atomic E-state index is 13.5. The number of rotatable bonds is 3. The van der Waals surface area contributed by atoms with Gasteiger partial charge in [0.2, 0.25) is 0 Å². The topological polar surface area (TPSA) is 60.7 Å². The Bertz CT molecular complexity index is 1670. The van der Waals surface area contributed by atoms with Gasteiger partial charge in [0.15, 0.2) is 0 Å². The molecule has 0 saturated carbocycles. The average molecular weight is 447 g/mol. The molecule has 0 aliphatic carbocycles. The molecular formula is C27H18N4OS. The van der Waals surface area contributed by atoms with Crippen LogP contribution in [-0.4, -0.2) is 19.7 Å². The Morgan fingerprint density at radius 3 is 2.15 bits per heavy atom. The molecule has 0 N–H and O–H groups in total. The third-order valence-corrected chi connectivity index (χ3v) is 6.78. The maximum absolute atomic E-state index is 13.5. The van der Waals surface area contributed by atoms with Gasteiger partial charge in [-0.05, 0) is 24.6 Å². The van der Waals surface area contributed by atoms with E-state index in [4.69, 9.17) is 4.98 Å².